The quantitative estimate of drug-likeness (QED) is 0.825. The minimum Gasteiger partial charge on any atom is -0.382 e. The minimum absolute atomic E-state index is 0.400. The van der Waals surface area contributed by atoms with Crippen LogP contribution in [0.4, 0.5) is 5.69 Å². The molecule has 1 aliphatic heterocycles. The maximum atomic E-state index is 5.49. The molecule has 1 aliphatic rings. The summed E-state index contributed by atoms with van der Waals surface area (Å²) < 4.78 is 10.7. The van der Waals surface area contributed by atoms with Gasteiger partial charge in [-0.2, -0.15) is 0 Å². The number of methoxy groups -OCH3 is 1. The first-order valence-corrected chi connectivity index (χ1v) is 6.94. The average Bonchev–Trinajstić information content (AvgIpc) is 2.42. The second-order valence-electron chi connectivity index (χ2n) is 5.10. The van der Waals surface area contributed by atoms with Crippen LogP contribution >= 0.6 is 0 Å². The highest BCUT2D eigenvalue weighted by Gasteiger charge is 2.16. The monoisotopic (exact) mass is 264 g/mol. The van der Waals surface area contributed by atoms with E-state index in [1.807, 2.05) is 6.07 Å². The van der Waals surface area contributed by atoms with E-state index in [2.05, 4.69) is 35.8 Å². The van der Waals surface area contributed by atoms with Gasteiger partial charge >= 0.3 is 0 Å². The molecule has 0 aliphatic carbocycles. The van der Waals surface area contributed by atoms with Crippen molar-refractivity contribution in [2.75, 3.05) is 32.2 Å². The van der Waals surface area contributed by atoms with Crippen LogP contribution in [0, 0.1) is 0 Å². The molecule has 1 heterocycles. The number of hydrogen-bond donors (Lipinski definition) is 2. The summed E-state index contributed by atoms with van der Waals surface area (Å²) in [6.45, 7) is 5.44. The predicted octanol–water partition coefficient (Wildman–Crippen LogP) is 2.01. The van der Waals surface area contributed by atoms with E-state index in [9.17, 15) is 0 Å². The summed E-state index contributed by atoms with van der Waals surface area (Å²) in [5.41, 5.74) is 2.36. The normalized spacial score (nSPS) is 21.1. The molecule has 0 saturated carbocycles. The third-order valence-corrected chi connectivity index (χ3v) is 3.36. The molecule has 0 bridgehead atoms. The summed E-state index contributed by atoms with van der Waals surface area (Å²) >= 11 is 0. The molecule has 2 unspecified atom stereocenters. The lowest BCUT2D eigenvalue weighted by Gasteiger charge is -2.27. The Labute approximate surface area is 115 Å². The first-order chi connectivity index (χ1) is 9.29. The molecule has 2 rings (SSSR count). The van der Waals surface area contributed by atoms with Crippen LogP contribution < -0.4 is 10.6 Å². The van der Waals surface area contributed by atoms with Gasteiger partial charge in [0.05, 0.1) is 19.8 Å². The lowest BCUT2D eigenvalue weighted by molar-refractivity contribution is 0.0731. The Kier molecular flexibility index (Phi) is 5.63. The van der Waals surface area contributed by atoms with Gasteiger partial charge in [-0.1, -0.05) is 18.2 Å². The number of benzene rings is 1. The fraction of sp³-hybridized carbons (Fsp3) is 0.600. The molecule has 0 spiro atoms. The highest BCUT2D eigenvalue weighted by molar-refractivity contribution is 5.51. The van der Waals surface area contributed by atoms with Gasteiger partial charge in [-0.15, -0.1) is 0 Å². The van der Waals surface area contributed by atoms with Crippen LogP contribution in [0.25, 0.3) is 0 Å². The summed E-state index contributed by atoms with van der Waals surface area (Å²) in [7, 11) is 1.73. The van der Waals surface area contributed by atoms with Gasteiger partial charge in [-0.3, -0.25) is 0 Å². The highest BCUT2D eigenvalue weighted by Crippen LogP contribution is 2.18. The van der Waals surface area contributed by atoms with Crippen molar-refractivity contribution in [1.82, 2.24) is 5.32 Å². The van der Waals surface area contributed by atoms with E-state index in [1.165, 1.54) is 5.56 Å². The van der Waals surface area contributed by atoms with Crippen LogP contribution in [0.2, 0.25) is 0 Å². The highest BCUT2D eigenvalue weighted by atomic mass is 16.5. The van der Waals surface area contributed by atoms with Crippen LogP contribution in [0.3, 0.4) is 0 Å². The van der Waals surface area contributed by atoms with E-state index in [1.54, 1.807) is 7.11 Å². The molecule has 0 aromatic heterocycles. The van der Waals surface area contributed by atoms with Crippen molar-refractivity contribution in [1.29, 1.82) is 0 Å². The topological polar surface area (TPSA) is 42.5 Å². The second-order valence-corrected chi connectivity index (χ2v) is 5.10. The Balaban J connectivity index is 1.88. The maximum Gasteiger partial charge on any atom is 0.0733 e. The van der Waals surface area contributed by atoms with E-state index in [0.717, 1.165) is 31.9 Å². The van der Waals surface area contributed by atoms with Crippen molar-refractivity contribution in [3.05, 3.63) is 29.8 Å². The average molecular weight is 264 g/mol. The van der Waals surface area contributed by atoms with E-state index < -0.39 is 0 Å². The van der Waals surface area contributed by atoms with Gasteiger partial charge in [0.1, 0.15) is 0 Å². The smallest absolute Gasteiger partial charge is 0.0733 e. The first-order valence-electron chi connectivity index (χ1n) is 6.94. The Morgan fingerprint density at radius 2 is 2.32 bits per heavy atom. The second kappa shape index (κ2) is 7.48. The molecule has 4 nitrogen and oxygen atoms in total. The third kappa shape index (κ3) is 4.49. The maximum absolute atomic E-state index is 5.49. The van der Waals surface area contributed by atoms with Gasteiger partial charge in [0.15, 0.2) is 0 Å². The van der Waals surface area contributed by atoms with E-state index in [0.29, 0.717) is 18.7 Å². The van der Waals surface area contributed by atoms with Crippen LogP contribution in [0.1, 0.15) is 18.9 Å². The zero-order chi connectivity index (χ0) is 13.5. The molecule has 0 radical (unpaired) electrons. The van der Waals surface area contributed by atoms with Crippen molar-refractivity contribution in [3.8, 4) is 0 Å². The van der Waals surface area contributed by atoms with Crippen molar-refractivity contribution in [2.24, 2.45) is 0 Å². The molecule has 0 amide bonds. The lowest BCUT2D eigenvalue weighted by atomic mass is 10.1. The van der Waals surface area contributed by atoms with Gasteiger partial charge in [-0.05, 0) is 19.4 Å². The number of ether oxygens (including phenoxy) is 2. The summed E-state index contributed by atoms with van der Waals surface area (Å²) in [5.74, 6) is 0. The molecule has 1 aromatic rings. The Morgan fingerprint density at radius 3 is 3.05 bits per heavy atom. The van der Waals surface area contributed by atoms with Crippen molar-refractivity contribution < 1.29 is 9.47 Å². The minimum atomic E-state index is 0.400. The molecule has 2 atom stereocenters. The number of para-hydroxylation sites is 1. The Morgan fingerprint density at radius 1 is 1.47 bits per heavy atom. The largest absolute Gasteiger partial charge is 0.382 e. The number of hydrogen-bond acceptors (Lipinski definition) is 4. The fourth-order valence-electron chi connectivity index (χ4n) is 2.46. The summed E-state index contributed by atoms with van der Waals surface area (Å²) in [6, 6.07) is 9.15. The molecule has 2 N–H and O–H groups in total. The third-order valence-electron chi connectivity index (χ3n) is 3.36. The predicted molar refractivity (Wildman–Crippen MR) is 77.5 cm³/mol. The summed E-state index contributed by atoms with van der Waals surface area (Å²) in [4.78, 5) is 0. The van der Waals surface area contributed by atoms with Gasteiger partial charge in [0.25, 0.3) is 0 Å². The molecule has 1 fully saturated rings. The van der Waals surface area contributed by atoms with Crippen LogP contribution in [0.15, 0.2) is 24.3 Å². The first kappa shape index (κ1) is 14.3. The van der Waals surface area contributed by atoms with Gasteiger partial charge in [0.2, 0.25) is 0 Å². The van der Waals surface area contributed by atoms with Crippen LogP contribution in [0.5, 0.6) is 0 Å². The zero-order valence-corrected chi connectivity index (χ0v) is 11.8. The Bertz CT molecular complexity index is 378. The SMILES string of the molecule is COCc1ccccc1NC(C)CC1COCCN1. The van der Waals surface area contributed by atoms with Crippen LogP contribution in [-0.4, -0.2) is 39.0 Å². The summed E-state index contributed by atoms with van der Waals surface area (Å²) in [6.07, 6.45) is 1.06. The van der Waals surface area contributed by atoms with Crippen molar-refractivity contribution >= 4 is 5.69 Å². The zero-order valence-electron chi connectivity index (χ0n) is 11.8. The van der Waals surface area contributed by atoms with Gasteiger partial charge in [0, 0.05) is 37.0 Å². The number of rotatable bonds is 6. The van der Waals surface area contributed by atoms with Crippen LogP contribution in [-0.2, 0) is 16.1 Å². The molecular formula is C15H24N2O2. The van der Waals surface area contributed by atoms with Gasteiger partial charge in [-0.25, -0.2) is 0 Å². The molecule has 19 heavy (non-hydrogen) atoms. The Hall–Kier alpha value is -1.10. The molecular weight excluding hydrogens is 240 g/mol. The van der Waals surface area contributed by atoms with Crippen molar-refractivity contribution in [2.45, 2.75) is 32.0 Å². The van der Waals surface area contributed by atoms with E-state index in [4.69, 9.17) is 9.47 Å². The molecule has 1 aromatic carbocycles. The van der Waals surface area contributed by atoms with E-state index >= 15 is 0 Å². The lowest BCUT2D eigenvalue weighted by Crippen LogP contribution is -2.43. The number of nitrogens with one attached hydrogen (secondary N) is 2. The number of anilines is 1. The van der Waals surface area contributed by atoms with Gasteiger partial charge < -0.3 is 20.1 Å². The molecule has 1 saturated heterocycles. The van der Waals surface area contributed by atoms with E-state index in [-0.39, 0.29) is 0 Å². The molecule has 4 heteroatoms. The number of morpholine rings is 1. The molecule has 106 valence electrons. The fourth-order valence-corrected chi connectivity index (χ4v) is 2.46. The van der Waals surface area contributed by atoms with Crippen molar-refractivity contribution in [3.63, 3.8) is 0 Å². The standard InChI is InChI=1S/C15H24N2O2/c1-12(9-14-11-19-8-7-16-14)17-15-6-4-3-5-13(15)10-18-2/h3-6,12,14,16-17H,7-11H2,1-2H3. The summed E-state index contributed by atoms with van der Waals surface area (Å²) in [5, 5.41) is 7.05.